The van der Waals surface area contributed by atoms with E-state index in [1.165, 1.54) is 6.42 Å². The average molecular weight is 309 g/mol. The summed E-state index contributed by atoms with van der Waals surface area (Å²) in [7, 11) is 0. The topological polar surface area (TPSA) is 33.7 Å². The largest absolute Gasteiger partial charge is 0.448 e. The third kappa shape index (κ3) is 2.60. The number of piperazine rings is 1. The summed E-state index contributed by atoms with van der Waals surface area (Å²) in [6, 6.07) is 4.00. The van der Waals surface area contributed by atoms with Crippen molar-refractivity contribution in [2.45, 2.75) is 31.5 Å². The van der Waals surface area contributed by atoms with Crippen molar-refractivity contribution in [1.82, 2.24) is 10.2 Å². The fourth-order valence-corrected chi connectivity index (χ4v) is 3.48. The smallest absolute Gasteiger partial charge is 0.251 e. The Hall–Kier alpha value is -0.970. The lowest BCUT2D eigenvalue weighted by Crippen LogP contribution is -2.45. The van der Waals surface area contributed by atoms with Crippen LogP contribution in [0.3, 0.4) is 0 Å². The third-order valence-corrected chi connectivity index (χ3v) is 5.08. The van der Waals surface area contributed by atoms with Gasteiger partial charge in [-0.2, -0.15) is 0 Å². The van der Waals surface area contributed by atoms with Crippen molar-refractivity contribution < 1.29 is 9.47 Å². The minimum atomic E-state index is -0.372. The van der Waals surface area contributed by atoms with E-state index in [2.05, 4.69) is 16.3 Å². The second-order valence-corrected chi connectivity index (χ2v) is 6.61. The molecular weight excluding hydrogens is 288 g/mol. The molecule has 114 valence electrons. The number of ether oxygens (including phenoxy) is 2. The van der Waals surface area contributed by atoms with Crippen molar-refractivity contribution >= 4 is 11.6 Å². The highest BCUT2D eigenvalue weighted by Crippen LogP contribution is 2.49. The number of fused-ring (bicyclic) bond motifs is 1. The first kappa shape index (κ1) is 13.7. The van der Waals surface area contributed by atoms with Crippen LogP contribution in [0.4, 0.5) is 0 Å². The van der Waals surface area contributed by atoms with Gasteiger partial charge >= 0.3 is 0 Å². The SMILES string of the molecule is Clc1cc2c(cc1CCN1CCNCC1)OC1(CCC1)O2. The van der Waals surface area contributed by atoms with Crippen molar-refractivity contribution in [3.63, 3.8) is 0 Å². The van der Waals surface area contributed by atoms with E-state index in [9.17, 15) is 0 Å². The van der Waals surface area contributed by atoms with E-state index >= 15 is 0 Å². The zero-order chi connectivity index (χ0) is 14.3. The van der Waals surface area contributed by atoms with Crippen LogP contribution in [-0.4, -0.2) is 43.4 Å². The highest BCUT2D eigenvalue weighted by atomic mass is 35.5. The molecule has 1 aliphatic carbocycles. The molecule has 4 rings (SSSR count). The maximum Gasteiger partial charge on any atom is 0.251 e. The molecular formula is C16H21ClN2O2. The Morgan fingerprint density at radius 1 is 1.14 bits per heavy atom. The Labute approximate surface area is 130 Å². The van der Waals surface area contributed by atoms with Crippen LogP contribution in [-0.2, 0) is 6.42 Å². The van der Waals surface area contributed by atoms with Crippen molar-refractivity contribution in [2.75, 3.05) is 32.7 Å². The molecule has 2 fully saturated rings. The van der Waals surface area contributed by atoms with Gasteiger partial charge in [0.15, 0.2) is 11.5 Å². The van der Waals surface area contributed by atoms with Gasteiger partial charge in [-0.1, -0.05) is 11.6 Å². The Balaban J connectivity index is 1.45. The van der Waals surface area contributed by atoms with E-state index in [0.29, 0.717) is 0 Å². The summed E-state index contributed by atoms with van der Waals surface area (Å²) < 4.78 is 11.9. The molecule has 21 heavy (non-hydrogen) atoms. The number of hydrogen-bond donors (Lipinski definition) is 1. The van der Waals surface area contributed by atoms with E-state index in [4.69, 9.17) is 21.1 Å². The molecule has 0 atom stereocenters. The molecule has 0 amide bonds. The number of rotatable bonds is 3. The Kier molecular flexibility index (Phi) is 3.48. The monoisotopic (exact) mass is 308 g/mol. The van der Waals surface area contributed by atoms with E-state index < -0.39 is 0 Å². The summed E-state index contributed by atoms with van der Waals surface area (Å²) in [6.45, 7) is 5.44. The highest BCUT2D eigenvalue weighted by molar-refractivity contribution is 6.31. The quantitative estimate of drug-likeness (QED) is 0.930. The van der Waals surface area contributed by atoms with Gasteiger partial charge in [-0.25, -0.2) is 0 Å². The lowest BCUT2D eigenvalue weighted by atomic mass is 9.91. The molecule has 1 aromatic carbocycles. The van der Waals surface area contributed by atoms with E-state index in [1.807, 2.05) is 6.07 Å². The Bertz CT molecular complexity index is 539. The van der Waals surface area contributed by atoms with Gasteiger partial charge in [0.25, 0.3) is 5.79 Å². The highest BCUT2D eigenvalue weighted by Gasteiger charge is 2.47. The first-order valence-electron chi connectivity index (χ1n) is 7.88. The summed E-state index contributed by atoms with van der Waals surface area (Å²) in [5.74, 6) is 1.31. The van der Waals surface area contributed by atoms with Crippen molar-refractivity contribution in [3.05, 3.63) is 22.7 Å². The van der Waals surface area contributed by atoms with Crippen molar-refractivity contribution in [3.8, 4) is 11.5 Å². The molecule has 0 radical (unpaired) electrons. The number of hydrogen-bond acceptors (Lipinski definition) is 4. The minimum absolute atomic E-state index is 0.372. The van der Waals surface area contributed by atoms with Gasteiger partial charge in [0.1, 0.15) is 0 Å². The van der Waals surface area contributed by atoms with Crippen LogP contribution in [0.5, 0.6) is 11.5 Å². The molecule has 3 aliphatic rings. The van der Waals surface area contributed by atoms with E-state index in [-0.39, 0.29) is 5.79 Å². The number of halogens is 1. The van der Waals surface area contributed by atoms with Crippen LogP contribution in [0.25, 0.3) is 0 Å². The molecule has 1 saturated heterocycles. The Morgan fingerprint density at radius 2 is 1.86 bits per heavy atom. The third-order valence-electron chi connectivity index (χ3n) is 4.73. The molecule has 1 saturated carbocycles. The van der Waals surface area contributed by atoms with Crippen LogP contribution < -0.4 is 14.8 Å². The van der Waals surface area contributed by atoms with Crippen LogP contribution >= 0.6 is 11.6 Å². The van der Waals surface area contributed by atoms with Crippen LogP contribution in [0.15, 0.2) is 12.1 Å². The van der Waals surface area contributed by atoms with E-state index in [0.717, 1.165) is 74.1 Å². The number of nitrogens with zero attached hydrogens (tertiary/aromatic N) is 1. The zero-order valence-corrected chi connectivity index (χ0v) is 12.9. The molecule has 0 bridgehead atoms. The van der Waals surface area contributed by atoms with Gasteiger partial charge < -0.3 is 19.7 Å². The summed E-state index contributed by atoms with van der Waals surface area (Å²) in [6.07, 6.45) is 4.10. The summed E-state index contributed by atoms with van der Waals surface area (Å²) in [5, 5.41) is 4.17. The molecule has 1 N–H and O–H groups in total. The lowest BCUT2D eigenvalue weighted by Gasteiger charge is -2.35. The minimum Gasteiger partial charge on any atom is -0.448 e. The maximum absolute atomic E-state index is 6.41. The lowest BCUT2D eigenvalue weighted by molar-refractivity contribution is -0.138. The van der Waals surface area contributed by atoms with Gasteiger partial charge in [-0.05, 0) is 24.5 Å². The molecule has 2 aliphatic heterocycles. The number of nitrogens with one attached hydrogen (secondary N) is 1. The fourth-order valence-electron chi connectivity index (χ4n) is 3.23. The first-order valence-corrected chi connectivity index (χ1v) is 8.25. The molecule has 4 nitrogen and oxygen atoms in total. The molecule has 0 unspecified atom stereocenters. The van der Waals surface area contributed by atoms with Crippen molar-refractivity contribution in [1.29, 1.82) is 0 Å². The zero-order valence-electron chi connectivity index (χ0n) is 12.2. The second-order valence-electron chi connectivity index (χ2n) is 6.20. The van der Waals surface area contributed by atoms with Crippen LogP contribution in [0, 0.1) is 0 Å². The summed E-state index contributed by atoms with van der Waals surface area (Å²) in [4.78, 5) is 2.48. The van der Waals surface area contributed by atoms with Gasteiger partial charge in [-0.3, -0.25) is 0 Å². The van der Waals surface area contributed by atoms with Crippen LogP contribution in [0.1, 0.15) is 24.8 Å². The van der Waals surface area contributed by atoms with Gasteiger partial charge in [0, 0.05) is 56.7 Å². The van der Waals surface area contributed by atoms with Gasteiger partial charge in [0.2, 0.25) is 0 Å². The predicted molar refractivity (Wildman–Crippen MR) is 82.3 cm³/mol. The standard InChI is InChI=1S/C16H21ClN2O2/c17-13-11-15-14(20-16(21-15)3-1-4-16)10-12(13)2-7-19-8-5-18-6-9-19/h10-11,18H,1-9H2. The second kappa shape index (κ2) is 5.34. The summed E-state index contributed by atoms with van der Waals surface area (Å²) >= 11 is 6.41. The normalized spacial score (nSPS) is 23.3. The molecule has 5 heteroatoms. The van der Waals surface area contributed by atoms with E-state index in [1.54, 1.807) is 0 Å². The van der Waals surface area contributed by atoms with Gasteiger partial charge in [-0.15, -0.1) is 0 Å². The van der Waals surface area contributed by atoms with Crippen LogP contribution in [0.2, 0.25) is 5.02 Å². The number of benzene rings is 1. The maximum atomic E-state index is 6.41. The molecule has 1 spiro atoms. The van der Waals surface area contributed by atoms with Gasteiger partial charge in [0.05, 0.1) is 0 Å². The predicted octanol–water partition coefficient (Wildman–Crippen LogP) is 2.44. The van der Waals surface area contributed by atoms with Crippen molar-refractivity contribution in [2.24, 2.45) is 0 Å². The Morgan fingerprint density at radius 3 is 2.52 bits per heavy atom. The average Bonchev–Trinajstić information content (AvgIpc) is 2.85. The molecule has 1 aromatic rings. The molecule has 0 aromatic heterocycles. The summed E-state index contributed by atoms with van der Waals surface area (Å²) in [5.41, 5.74) is 1.16. The molecule has 2 heterocycles. The fraction of sp³-hybridized carbons (Fsp3) is 0.625. The first-order chi connectivity index (χ1) is 10.2.